The molecule has 1 aliphatic rings. The predicted molar refractivity (Wildman–Crippen MR) is 141 cm³/mol. The molecule has 1 aliphatic heterocycles. The highest BCUT2D eigenvalue weighted by Crippen LogP contribution is 2.35. The minimum absolute atomic E-state index is 0.206. The van der Waals surface area contributed by atoms with Gasteiger partial charge in [0.25, 0.3) is 5.91 Å². The summed E-state index contributed by atoms with van der Waals surface area (Å²) >= 11 is 1.37. The van der Waals surface area contributed by atoms with E-state index in [1.54, 1.807) is 18.5 Å². The van der Waals surface area contributed by atoms with Crippen LogP contribution in [-0.4, -0.2) is 66.8 Å². The Morgan fingerprint density at radius 2 is 2.06 bits per heavy atom. The number of aromatic nitrogens is 2. The minimum atomic E-state index is -0.206. The van der Waals surface area contributed by atoms with Gasteiger partial charge in [-0.1, -0.05) is 30.9 Å². The highest BCUT2D eigenvalue weighted by molar-refractivity contribution is 7.20. The van der Waals surface area contributed by atoms with Crippen molar-refractivity contribution >= 4 is 27.5 Å². The molecule has 0 aliphatic carbocycles. The Balaban J connectivity index is 1.56. The summed E-state index contributed by atoms with van der Waals surface area (Å²) < 4.78 is 12.6. The van der Waals surface area contributed by atoms with E-state index in [0.717, 1.165) is 54.2 Å². The molecule has 7 nitrogen and oxygen atoms in total. The second kappa shape index (κ2) is 12.4. The summed E-state index contributed by atoms with van der Waals surface area (Å²) in [5, 5.41) is 3.37. The van der Waals surface area contributed by atoms with E-state index < -0.39 is 0 Å². The van der Waals surface area contributed by atoms with Gasteiger partial charge in [-0.15, -0.1) is 11.3 Å². The molecule has 0 saturated carbocycles. The molecule has 0 radical (unpaired) electrons. The first-order chi connectivity index (χ1) is 17.2. The second-order valence-electron chi connectivity index (χ2n) is 8.02. The van der Waals surface area contributed by atoms with Crippen LogP contribution in [0.5, 0.6) is 5.75 Å². The summed E-state index contributed by atoms with van der Waals surface area (Å²) in [4.78, 5) is 24.0. The van der Waals surface area contributed by atoms with Crippen LogP contribution >= 0.6 is 11.3 Å². The highest BCUT2D eigenvalue weighted by atomic mass is 32.1. The number of morpholine rings is 1. The second-order valence-corrected chi connectivity index (χ2v) is 9.05. The van der Waals surface area contributed by atoms with Gasteiger partial charge in [0.15, 0.2) is 5.01 Å². The number of thiazole rings is 1. The van der Waals surface area contributed by atoms with Gasteiger partial charge in [-0.05, 0) is 47.9 Å². The van der Waals surface area contributed by atoms with Crippen molar-refractivity contribution in [2.24, 2.45) is 0 Å². The molecule has 1 amide bonds. The van der Waals surface area contributed by atoms with E-state index in [0.29, 0.717) is 29.4 Å². The smallest absolute Gasteiger partial charge is 0.280 e. The van der Waals surface area contributed by atoms with E-state index in [1.165, 1.54) is 11.3 Å². The lowest BCUT2D eigenvalue weighted by Crippen LogP contribution is -2.38. The van der Waals surface area contributed by atoms with Crippen molar-refractivity contribution in [3.63, 3.8) is 0 Å². The topological polar surface area (TPSA) is 76.6 Å². The number of fused-ring (bicyclic) bond motifs is 1. The average Bonchev–Trinajstić information content (AvgIpc) is 3.34. The third-order valence-electron chi connectivity index (χ3n) is 5.71. The van der Waals surface area contributed by atoms with Gasteiger partial charge in [-0.2, -0.15) is 0 Å². The summed E-state index contributed by atoms with van der Waals surface area (Å²) in [6, 6.07) is 7.97. The molecule has 2 aromatic heterocycles. The third-order valence-corrected chi connectivity index (χ3v) is 6.71. The summed E-state index contributed by atoms with van der Waals surface area (Å²) in [6.07, 6.45) is 11.0. The van der Waals surface area contributed by atoms with Crippen LogP contribution in [0.15, 0.2) is 73.1 Å². The molecule has 3 heterocycles. The van der Waals surface area contributed by atoms with Crippen LogP contribution in [0.2, 0.25) is 0 Å². The minimum Gasteiger partial charge on any atom is -0.490 e. The van der Waals surface area contributed by atoms with E-state index >= 15 is 0 Å². The zero-order chi connectivity index (χ0) is 24.5. The number of carbonyl (C=O) groups excluding carboxylic acids is 1. The molecule has 182 valence electrons. The highest BCUT2D eigenvalue weighted by Gasteiger charge is 2.18. The number of pyridine rings is 1. The average molecular weight is 491 g/mol. The van der Waals surface area contributed by atoms with Crippen LogP contribution in [0.25, 0.3) is 21.3 Å². The van der Waals surface area contributed by atoms with Crippen molar-refractivity contribution in [2.75, 3.05) is 46.0 Å². The van der Waals surface area contributed by atoms with Crippen LogP contribution < -0.4 is 10.1 Å². The molecule has 0 unspecified atom stereocenters. The normalized spacial score (nSPS) is 14.9. The number of nitrogens with zero attached hydrogens (tertiary/aromatic N) is 3. The number of allylic oxidation sites excluding steroid dienone is 3. The molecule has 0 bridgehead atoms. The lowest BCUT2D eigenvalue weighted by atomic mass is 10.1. The molecule has 1 fully saturated rings. The maximum absolute atomic E-state index is 12.9. The maximum atomic E-state index is 12.9. The van der Waals surface area contributed by atoms with Gasteiger partial charge in [0.2, 0.25) is 0 Å². The van der Waals surface area contributed by atoms with Crippen molar-refractivity contribution in [1.82, 2.24) is 20.2 Å². The summed E-state index contributed by atoms with van der Waals surface area (Å²) in [5.74, 6) is 0.475. The molecule has 1 N–H and O–H groups in total. The van der Waals surface area contributed by atoms with Crippen LogP contribution in [0.4, 0.5) is 0 Å². The van der Waals surface area contributed by atoms with Crippen molar-refractivity contribution < 1.29 is 14.3 Å². The number of carbonyl (C=O) groups is 1. The zero-order valence-electron chi connectivity index (χ0n) is 19.9. The zero-order valence-corrected chi connectivity index (χ0v) is 20.7. The van der Waals surface area contributed by atoms with E-state index in [-0.39, 0.29) is 5.91 Å². The number of nitrogens with one attached hydrogen (secondary N) is 1. The maximum Gasteiger partial charge on any atom is 0.280 e. The molecule has 1 aromatic carbocycles. The fraction of sp³-hybridized carbons (Fsp3) is 0.296. The standard InChI is InChI=1S/C27H30N4O3S/c1-3-5-6-20(4-2)19-29-26(32)27-30-25-23(34-16-13-31-11-14-33-15-12-31)17-22(18-24(25)35-27)21-7-9-28-10-8-21/h3-10,17-18H,1,11-16,19H2,2H3,(H,29,32)/b6-5-,20-4+. The monoisotopic (exact) mass is 490 g/mol. The fourth-order valence-electron chi connectivity index (χ4n) is 3.73. The van der Waals surface area contributed by atoms with Crippen molar-refractivity contribution in [1.29, 1.82) is 0 Å². The van der Waals surface area contributed by atoms with E-state index in [2.05, 4.69) is 32.8 Å². The van der Waals surface area contributed by atoms with Crippen molar-refractivity contribution in [3.05, 3.63) is 78.1 Å². The van der Waals surface area contributed by atoms with Crippen molar-refractivity contribution in [3.8, 4) is 16.9 Å². The number of rotatable bonds is 10. The van der Waals surface area contributed by atoms with Crippen LogP contribution in [0.3, 0.4) is 0 Å². The predicted octanol–water partition coefficient (Wildman–Crippen LogP) is 4.49. The molecule has 4 rings (SSSR count). The van der Waals surface area contributed by atoms with E-state index in [9.17, 15) is 4.79 Å². The fourth-order valence-corrected chi connectivity index (χ4v) is 4.67. The van der Waals surface area contributed by atoms with Gasteiger partial charge >= 0.3 is 0 Å². The lowest BCUT2D eigenvalue weighted by Gasteiger charge is -2.26. The SMILES string of the molecule is C=C/C=C\C(=C/C)CNC(=O)c1nc2c(OCCN3CCOCC3)cc(-c3ccncc3)cc2s1. The molecule has 0 spiro atoms. The third kappa shape index (κ3) is 6.63. The molecule has 8 heteroatoms. The van der Waals surface area contributed by atoms with Gasteiger partial charge in [0.1, 0.15) is 17.9 Å². The number of amides is 1. The first-order valence-corrected chi connectivity index (χ1v) is 12.5. The molecule has 3 aromatic rings. The van der Waals surface area contributed by atoms with Gasteiger partial charge in [0, 0.05) is 38.6 Å². The van der Waals surface area contributed by atoms with Crippen molar-refractivity contribution in [2.45, 2.75) is 6.92 Å². The molecular weight excluding hydrogens is 460 g/mol. The number of ether oxygens (including phenoxy) is 2. The Morgan fingerprint density at radius 1 is 1.26 bits per heavy atom. The van der Waals surface area contributed by atoms with E-state index in [1.807, 2.05) is 43.4 Å². The molecule has 1 saturated heterocycles. The first kappa shape index (κ1) is 24.8. The van der Waals surface area contributed by atoms with Gasteiger partial charge < -0.3 is 14.8 Å². The van der Waals surface area contributed by atoms with Gasteiger partial charge in [-0.3, -0.25) is 14.7 Å². The Labute approximate surface area is 209 Å². The van der Waals surface area contributed by atoms with Gasteiger partial charge in [0.05, 0.1) is 17.9 Å². The molecular formula is C27H30N4O3S. The van der Waals surface area contributed by atoms with Gasteiger partial charge in [-0.25, -0.2) is 4.98 Å². The Morgan fingerprint density at radius 3 is 2.80 bits per heavy atom. The first-order valence-electron chi connectivity index (χ1n) is 11.7. The van der Waals surface area contributed by atoms with Crippen LogP contribution in [0.1, 0.15) is 16.7 Å². The lowest BCUT2D eigenvalue weighted by molar-refractivity contribution is 0.0323. The number of hydrogen-bond acceptors (Lipinski definition) is 7. The Hall–Kier alpha value is -3.33. The largest absolute Gasteiger partial charge is 0.490 e. The quantitative estimate of drug-likeness (QED) is 0.422. The van der Waals surface area contributed by atoms with Crippen LogP contribution in [-0.2, 0) is 4.74 Å². The summed E-state index contributed by atoms with van der Waals surface area (Å²) in [5.41, 5.74) is 3.73. The number of hydrogen-bond donors (Lipinski definition) is 1. The Kier molecular flexibility index (Phi) is 8.78. The molecule has 35 heavy (non-hydrogen) atoms. The Bertz CT molecular complexity index is 1210. The summed E-state index contributed by atoms with van der Waals surface area (Å²) in [7, 11) is 0. The van der Waals surface area contributed by atoms with Crippen LogP contribution in [0, 0.1) is 0 Å². The number of benzene rings is 1. The molecule has 0 atom stereocenters. The van der Waals surface area contributed by atoms with E-state index in [4.69, 9.17) is 9.47 Å². The summed E-state index contributed by atoms with van der Waals surface area (Å²) in [6.45, 7) is 10.7.